The van der Waals surface area contributed by atoms with Crippen LogP contribution in [-0.2, 0) is 0 Å². The van der Waals surface area contributed by atoms with Gasteiger partial charge in [-0.25, -0.2) is 0 Å². The van der Waals surface area contributed by atoms with Crippen molar-refractivity contribution in [3.8, 4) is 0 Å². The van der Waals surface area contributed by atoms with Gasteiger partial charge in [-0.1, -0.05) is 0 Å². The van der Waals surface area contributed by atoms with Gasteiger partial charge in [-0.2, -0.15) is 0 Å². The second-order valence-electron chi connectivity index (χ2n) is 5.47. The molecule has 24 heavy (non-hydrogen) atoms. The van der Waals surface area contributed by atoms with Crippen molar-refractivity contribution in [1.82, 2.24) is 0 Å². The molecule has 0 atom stereocenters. The van der Waals surface area contributed by atoms with Crippen LogP contribution in [0.5, 0.6) is 0 Å². The van der Waals surface area contributed by atoms with Gasteiger partial charge in [0.1, 0.15) is 0 Å². The van der Waals surface area contributed by atoms with E-state index in [1.807, 2.05) is 67.6 Å². The van der Waals surface area contributed by atoms with Crippen LogP contribution in [0.25, 0.3) is 0 Å². The van der Waals surface area contributed by atoms with Gasteiger partial charge < -0.3 is 0 Å². The molecule has 1 nitrogen and oxygen atoms in total. The molecule has 4 heteroatoms. The summed E-state index contributed by atoms with van der Waals surface area (Å²) in [5.41, 5.74) is 1.91. The van der Waals surface area contributed by atoms with E-state index in [0.717, 1.165) is 11.1 Å². The summed E-state index contributed by atoms with van der Waals surface area (Å²) in [5, 5.41) is 2.47. The first-order valence-corrected chi connectivity index (χ1v) is 13.0. The summed E-state index contributed by atoms with van der Waals surface area (Å²) >= 11 is 4.82. The Labute approximate surface area is 154 Å². The summed E-state index contributed by atoms with van der Waals surface area (Å²) in [6.45, 7) is 2.03. The monoisotopic (exact) mass is 416 g/mol. The average Bonchev–Trinajstić information content (AvgIpc) is 2.63. The van der Waals surface area contributed by atoms with Gasteiger partial charge in [0, 0.05) is 0 Å². The first-order valence-electron chi connectivity index (χ1n) is 7.61. The standard InChI is InChI=1S/C20H17OPSSe/c1-16-12-14-17(15-13-16)20(21)23-22(24,18-8-4-2-5-9-18)19-10-6-3-7-11-19/h2-15H,1H3. The number of carbonyl (C=O) groups is 1. The molecule has 0 bridgehead atoms. The number of carbonyl (C=O) groups excluding carboxylic acids is 1. The molecule has 0 unspecified atom stereocenters. The molecular formula is C20H17OPSSe. The Hall–Kier alpha value is -1.37. The molecule has 0 radical (unpaired) electrons. The molecule has 0 aliphatic carbocycles. The molecule has 0 aromatic heterocycles. The predicted molar refractivity (Wildman–Crippen MR) is 108 cm³/mol. The summed E-state index contributed by atoms with van der Waals surface area (Å²) in [7, 11) is 0. The van der Waals surface area contributed by atoms with Crippen molar-refractivity contribution in [3.63, 3.8) is 0 Å². The third kappa shape index (κ3) is 3.82. The van der Waals surface area contributed by atoms with Crippen LogP contribution in [0.2, 0.25) is 0 Å². The Bertz CT molecular complexity index is 833. The van der Waals surface area contributed by atoms with Crippen LogP contribution in [0, 0.1) is 6.92 Å². The second-order valence-corrected chi connectivity index (χ2v) is 15.4. The van der Waals surface area contributed by atoms with Gasteiger partial charge in [-0.3, -0.25) is 0 Å². The zero-order chi connectivity index (χ0) is 17.0. The summed E-state index contributed by atoms with van der Waals surface area (Å²) in [6.07, 6.45) is 0. The molecule has 3 rings (SSSR count). The topological polar surface area (TPSA) is 17.1 Å². The van der Waals surface area contributed by atoms with Gasteiger partial charge in [0.2, 0.25) is 0 Å². The Morgan fingerprint density at radius 2 is 1.25 bits per heavy atom. The van der Waals surface area contributed by atoms with Crippen molar-refractivity contribution in [1.29, 1.82) is 0 Å². The van der Waals surface area contributed by atoms with E-state index in [2.05, 4.69) is 39.4 Å². The van der Waals surface area contributed by atoms with Gasteiger partial charge in [0.15, 0.2) is 0 Å². The molecule has 0 amide bonds. The molecule has 0 fully saturated rings. The van der Waals surface area contributed by atoms with Gasteiger partial charge in [-0.05, 0) is 0 Å². The van der Waals surface area contributed by atoms with Gasteiger partial charge >= 0.3 is 155 Å². The van der Waals surface area contributed by atoms with Crippen molar-refractivity contribution < 1.29 is 4.79 Å². The average molecular weight is 415 g/mol. The third-order valence-electron chi connectivity index (χ3n) is 3.69. The molecule has 3 aromatic rings. The SMILES string of the molecule is Cc1ccc(C(=O)SP(=[Se])(c2ccccc2)c2ccccc2)cc1. The van der Waals surface area contributed by atoms with Crippen LogP contribution in [0.3, 0.4) is 0 Å². The number of hydrogen-bond donors (Lipinski definition) is 0. The molecular weight excluding hydrogens is 398 g/mol. The molecule has 0 saturated carbocycles. The molecule has 0 aliphatic heterocycles. The Morgan fingerprint density at radius 1 is 0.792 bits per heavy atom. The number of aryl methyl sites for hydroxylation is 1. The van der Waals surface area contributed by atoms with Crippen LogP contribution in [-0.4, -0.2) is 20.2 Å². The minimum atomic E-state index is -1.97. The first-order chi connectivity index (χ1) is 11.6. The van der Waals surface area contributed by atoms with Gasteiger partial charge in [0.25, 0.3) is 0 Å². The normalized spacial score (nSPS) is 11.2. The fourth-order valence-electron chi connectivity index (χ4n) is 2.36. The number of hydrogen-bond acceptors (Lipinski definition) is 2. The summed E-state index contributed by atoms with van der Waals surface area (Å²) in [6, 6.07) is 28.3. The van der Waals surface area contributed by atoms with E-state index >= 15 is 0 Å². The second kappa shape index (κ2) is 7.68. The van der Waals surface area contributed by atoms with Crippen molar-refractivity contribution in [2.45, 2.75) is 6.92 Å². The van der Waals surface area contributed by atoms with E-state index in [1.54, 1.807) is 0 Å². The molecule has 3 aromatic carbocycles. The Morgan fingerprint density at radius 3 is 1.71 bits per heavy atom. The van der Waals surface area contributed by atoms with Crippen LogP contribution in [0.1, 0.15) is 15.9 Å². The third-order valence-corrected chi connectivity index (χ3v) is 12.9. The van der Waals surface area contributed by atoms with Crippen molar-refractivity contribution in [2.24, 2.45) is 0 Å². The van der Waals surface area contributed by atoms with E-state index in [0.29, 0.717) is 0 Å². The maximum absolute atomic E-state index is 12.9. The van der Waals surface area contributed by atoms with Crippen LogP contribution in [0.15, 0.2) is 84.9 Å². The Kier molecular flexibility index (Phi) is 5.58. The molecule has 0 heterocycles. The maximum atomic E-state index is 12.9. The fraction of sp³-hybridized carbons (Fsp3) is 0.0500. The zero-order valence-electron chi connectivity index (χ0n) is 13.3. The minimum absolute atomic E-state index is 0.106. The number of benzene rings is 3. The van der Waals surface area contributed by atoms with E-state index in [1.165, 1.54) is 22.0 Å². The molecule has 120 valence electrons. The first kappa shape index (κ1) is 17.5. The van der Waals surface area contributed by atoms with Crippen LogP contribution in [0.4, 0.5) is 0 Å². The fourth-order valence-corrected chi connectivity index (χ4v) is 9.67. The van der Waals surface area contributed by atoms with Crippen LogP contribution >= 0.6 is 16.1 Å². The Balaban J connectivity index is 2.02. The molecule has 0 spiro atoms. The summed E-state index contributed by atoms with van der Waals surface area (Å²) in [5.74, 6) is 0. The van der Waals surface area contributed by atoms with Crippen LogP contribution < -0.4 is 10.6 Å². The van der Waals surface area contributed by atoms with Gasteiger partial charge in [0.05, 0.1) is 0 Å². The van der Waals surface area contributed by atoms with Gasteiger partial charge in [-0.15, -0.1) is 0 Å². The zero-order valence-corrected chi connectivity index (χ0v) is 16.7. The van der Waals surface area contributed by atoms with E-state index < -0.39 is 4.71 Å². The van der Waals surface area contributed by atoms with Crippen molar-refractivity contribution in [3.05, 3.63) is 96.1 Å². The van der Waals surface area contributed by atoms with E-state index in [-0.39, 0.29) is 5.12 Å². The molecule has 0 N–H and O–H groups in total. The quantitative estimate of drug-likeness (QED) is 0.460. The molecule has 0 saturated heterocycles. The van der Waals surface area contributed by atoms with E-state index in [9.17, 15) is 4.79 Å². The predicted octanol–water partition coefficient (Wildman–Crippen LogP) is 4.54. The summed E-state index contributed by atoms with van der Waals surface area (Å²) < 4.78 is -1.97. The number of rotatable bonds is 4. The molecule has 0 aliphatic rings. The van der Waals surface area contributed by atoms with E-state index in [4.69, 9.17) is 0 Å². The van der Waals surface area contributed by atoms with Crippen molar-refractivity contribution >= 4 is 46.9 Å². The van der Waals surface area contributed by atoms with Crippen molar-refractivity contribution in [2.75, 3.05) is 0 Å². The summed E-state index contributed by atoms with van der Waals surface area (Å²) in [4.78, 5) is 12.9.